The quantitative estimate of drug-likeness (QED) is 0.708. The molecule has 1 rings (SSSR count). The van der Waals surface area contributed by atoms with Gasteiger partial charge in [0.1, 0.15) is 4.83 Å². The zero-order chi connectivity index (χ0) is 8.97. The summed E-state index contributed by atoms with van der Waals surface area (Å²) in [6.45, 7) is 2.04. The number of rotatable bonds is 2. The number of hydrogen-bond donors (Lipinski definition) is 0. The summed E-state index contributed by atoms with van der Waals surface area (Å²) in [7, 11) is 0. The van der Waals surface area contributed by atoms with Crippen molar-refractivity contribution in [2.45, 2.75) is 17.7 Å². The van der Waals surface area contributed by atoms with E-state index >= 15 is 0 Å². The van der Waals surface area contributed by atoms with Gasteiger partial charge < -0.3 is 0 Å². The van der Waals surface area contributed by atoms with Crippen LogP contribution in [-0.4, -0.2) is 4.83 Å². The highest BCUT2D eigenvalue weighted by molar-refractivity contribution is 9.09. The molecule has 2 heteroatoms. The van der Waals surface area contributed by atoms with E-state index in [9.17, 15) is 0 Å². The lowest BCUT2D eigenvalue weighted by Gasteiger charge is -2.11. The van der Waals surface area contributed by atoms with Gasteiger partial charge in [-0.1, -0.05) is 53.2 Å². The maximum Gasteiger partial charge on any atom is 0.108 e. The number of hydrogen-bond acceptors (Lipinski definition) is 1. The van der Waals surface area contributed by atoms with Crippen LogP contribution in [0.5, 0.6) is 0 Å². The topological polar surface area (TPSA) is 23.8 Å². The Morgan fingerprint density at radius 3 is 2.42 bits per heavy atom. The van der Waals surface area contributed by atoms with Crippen LogP contribution in [0, 0.1) is 11.3 Å². The summed E-state index contributed by atoms with van der Waals surface area (Å²) in [4.78, 5) is -0.0973. The van der Waals surface area contributed by atoms with Gasteiger partial charge in [0.25, 0.3) is 0 Å². The van der Waals surface area contributed by atoms with E-state index < -0.39 is 0 Å². The molecule has 0 radical (unpaired) electrons. The second-order valence-corrected chi connectivity index (χ2v) is 3.72. The Hall–Kier alpha value is -0.810. The maximum atomic E-state index is 8.67. The monoisotopic (exact) mass is 223 g/mol. The van der Waals surface area contributed by atoms with Gasteiger partial charge in [0.15, 0.2) is 0 Å². The molecule has 2 unspecified atom stereocenters. The molecule has 0 aliphatic rings. The summed E-state index contributed by atoms with van der Waals surface area (Å²) in [6.07, 6.45) is 0. The summed E-state index contributed by atoms with van der Waals surface area (Å²) < 4.78 is 0. The lowest BCUT2D eigenvalue weighted by molar-refractivity contribution is 0.813. The zero-order valence-electron chi connectivity index (χ0n) is 6.87. The average Bonchev–Trinajstić information content (AvgIpc) is 2.17. The lowest BCUT2D eigenvalue weighted by Crippen LogP contribution is -2.05. The number of alkyl halides is 1. The fraction of sp³-hybridized carbons (Fsp3) is 0.300. The van der Waals surface area contributed by atoms with E-state index in [1.165, 1.54) is 5.56 Å². The zero-order valence-corrected chi connectivity index (χ0v) is 8.45. The Morgan fingerprint density at radius 2 is 1.92 bits per heavy atom. The van der Waals surface area contributed by atoms with Crippen LogP contribution in [0.1, 0.15) is 18.4 Å². The van der Waals surface area contributed by atoms with Crippen LogP contribution in [0.2, 0.25) is 0 Å². The molecule has 0 heterocycles. The molecule has 0 spiro atoms. The highest BCUT2D eigenvalue weighted by Gasteiger charge is 2.13. The average molecular weight is 224 g/mol. The fourth-order valence-electron chi connectivity index (χ4n) is 1.04. The molecule has 0 aromatic heterocycles. The van der Waals surface area contributed by atoms with Gasteiger partial charge in [-0.25, -0.2) is 0 Å². The van der Waals surface area contributed by atoms with Crippen LogP contribution in [-0.2, 0) is 0 Å². The van der Waals surface area contributed by atoms with E-state index in [-0.39, 0.29) is 10.7 Å². The Morgan fingerprint density at radius 1 is 1.33 bits per heavy atom. The van der Waals surface area contributed by atoms with E-state index in [1.54, 1.807) is 0 Å². The van der Waals surface area contributed by atoms with Crippen LogP contribution in [0.4, 0.5) is 0 Å². The predicted molar refractivity (Wildman–Crippen MR) is 53.2 cm³/mol. The van der Waals surface area contributed by atoms with Gasteiger partial charge in [0.05, 0.1) is 6.07 Å². The van der Waals surface area contributed by atoms with Crippen molar-refractivity contribution in [2.24, 2.45) is 0 Å². The summed E-state index contributed by atoms with van der Waals surface area (Å²) in [5.41, 5.74) is 1.20. The van der Waals surface area contributed by atoms with Gasteiger partial charge in [0, 0.05) is 5.92 Å². The third-order valence-corrected chi connectivity index (χ3v) is 2.89. The molecule has 0 N–H and O–H groups in total. The van der Waals surface area contributed by atoms with Crippen molar-refractivity contribution in [1.82, 2.24) is 0 Å². The minimum Gasteiger partial charge on any atom is -0.197 e. The summed E-state index contributed by atoms with van der Waals surface area (Å²) >= 11 is 3.32. The van der Waals surface area contributed by atoms with Crippen molar-refractivity contribution in [3.05, 3.63) is 35.9 Å². The molecule has 0 amide bonds. The summed E-state index contributed by atoms with van der Waals surface area (Å²) in [6, 6.07) is 12.2. The van der Waals surface area contributed by atoms with Gasteiger partial charge in [-0.2, -0.15) is 5.26 Å². The first-order valence-electron chi connectivity index (χ1n) is 3.84. The van der Waals surface area contributed by atoms with E-state index in [1.807, 2.05) is 37.3 Å². The molecule has 0 saturated heterocycles. The van der Waals surface area contributed by atoms with E-state index in [0.29, 0.717) is 0 Å². The molecule has 1 nitrogen and oxygen atoms in total. The first-order chi connectivity index (χ1) is 5.75. The molecule has 1 aromatic carbocycles. The van der Waals surface area contributed by atoms with Gasteiger partial charge in [-0.3, -0.25) is 0 Å². The van der Waals surface area contributed by atoms with Crippen molar-refractivity contribution in [2.75, 3.05) is 0 Å². The Labute approximate surface area is 81.2 Å². The van der Waals surface area contributed by atoms with Crippen molar-refractivity contribution in [3.63, 3.8) is 0 Å². The van der Waals surface area contributed by atoms with Crippen molar-refractivity contribution >= 4 is 15.9 Å². The standard InChI is InChI=1S/C10H10BrN/c1-8(10(11)7-12)9-5-3-2-4-6-9/h2-6,8,10H,1H3. The predicted octanol–water partition coefficient (Wildman–Crippen LogP) is 3.08. The number of benzene rings is 1. The summed E-state index contributed by atoms with van der Waals surface area (Å²) in [5, 5.41) is 8.67. The second kappa shape index (κ2) is 4.27. The van der Waals surface area contributed by atoms with Crippen LogP contribution in [0.25, 0.3) is 0 Å². The van der Waals surface area contributed by atoms with Gasteiger partial charge in [-0.15, -0.1) is 0 Å². The molecule has 0 aliphatic heterocycles. The first kappa shape index (κ1) is 9.28. The van der Waals surface area contributed by atoms with Crippen LogP contribution >= 0.6 is 15.9 Å². The first-order valence-corrected chi connectivity index (χ1v) is 4.76. The van der Waals surface area contributed by atoms with Crippen molar-refractivity contribution in [3.8, 4) is 6.07 Å². The number of nitrogens with zero attached hydrogens (tertiary/aromatic N) is 1. The smallest absolute Gasteiger partial charge is 0.108 e. The van der Waals surface area contributed by atoms with Crippen LogP contribution in [0.3, 0.4) is 0 Å². The maximum absolute atomic E-state index is 8.67. The fourth-order valence-corrected chi connectivity index (χ4v) is 1.34. The van der Waals surface area contributed by atoms with E-state index in [0.717, 1.165) is 0 Å². The SMILES string of the molecule is CC(c1ccccc1)C(Br)C#N. The minimum absolute atomic E-state index is 0.0973. The molecule has 0 aliphatic carbocycles. The van der Waals surface area contributed by atoms with Gasteiger partial charge in [0.2, 0.25) is 0 Å². The molecule has 0 fully saturated rings. The third kappa shape index (κ3) is 2.09. The lowest BCUT2D eigenvalue weighted by atomic mass is 9.99. The second-order valence-electron chi connectivity index (χ2n) is 2.73. The van der Waals surface area contributed by atoms with Crippen molar-refractivity contribution in [1.29, 1.82) is 5.26 Å². The van der Waals surface area contributed by atoms with Crippen LogP contribution in [0.15, 0.2) is 30.3 Å². The summed E-state index contributed by atoms with van der Waals surface area (Å²) in [5.74, 6) is 0.246. The number of halogens is 1. The Bertz CT molecular complexity index is 276. The molecule has 62 valence electrons. The molecule has 0 saturated carbocycles. The Kier molecular flexibility index (Phi) is 3.31. The molecular weight excluding hydrogens is 214 g/mol. The molecule has 2 atom stereocenters. The third-order valence-electron chi connectivity index (χ3n) is 1.89. The molecule has 1 aromatic rings. The van der Waals surface area contributed by atoms with Gasteiger partial charge >= 0.3 is 0 Å². The van der Waals surface area contributed by atoms with Crippen molar-refractivity contribution < 1.29 is 0 Å². The highest BCUT2D eigenvalue weighted by Crippen LogP contribution is 2.23. The number of nitriles is 1. The molecule has 0 bridgehead atoms. The van der Waals surface area contributed by atoms with Gasteiger partial charge in [-0.05, 0) is 5.56 Å². The Balaban J connectivity index is 2.80. The largest absolute Gasteiger partial charge is 0.197 e. The minimum atomic E-state index is -0.0973. The normalized spacial score (nSPS) is 14.8. The highest BCUT2D eigenvalue weighted by atomic mass is 79.9. The van der Waals surface area contributed by atoms with Crippen LogP contribution < -0.4 is 0 Å². The molecule has 12 heavy (non-hydrogen) atoms. The van der Waals surface area contributed by atoms with E-state index in [2.05, 4.69) is 22.0 Å². The van der Waals surface area contributed by atoms with E-state index in [4.69, 9.17) is 5.26 Å². The molecular formula is C10H10BrN.